The summed E-state index contributed by atoms with van der Waals surface area (Å²) in [6.07, 6.45) is 0. The van der Waals surface area contributed by atoms with Gasteiger partial charge in [-0.25, -0.2) is 0 Å². The normalized spacial score (nSPS) is 10.5. The molecule has 0 aliphatic carbocycles. The summed E-state index contributed by atoms with van der Waals surface area (Å²) in [7, 11) is 1.53. The fourth-order valence-corrected chi connectivity index (χ4v) is 3.59. The molecule has 0 amide bonds. The lowest BCUT2D eigenvalue weighted by Crippen LogP contribution is -2.27. The molecule has 0 aliphatic heterocycles. The number of aromatic nitrogens is 1. The molecule has 30 heavy (non-hydrogen) atoms. The minimum atomic E-state index is -0.693. The molecule has 0 saturated carbocycles. The second kappa shape index (κ2) is 8.62. The zero-order valence-corrected chi connectivity index (χ0v) is 17.6. The van der Waals surface area contributed by atoms with Crippen molar-refractivity contribution in [2.24, 2.45) is 0 Å². The van der Waals surface area contributed by atoms with E-state index in [0.717, 1.165) is 4.57 Å². The van der Waals surface area contributed by atoms with Gasteiger partial charge in [-0.1, -0.05) is 35.3 Å². The maximum atomic E-state index is 13.2. The molecule has 6 nitrogen and oxygen atoms in total. The second-order valence-corrected chi connectivity index (χ2v) is 7.35. The molecule has 0 bridgehead atoms. The van der Waals surface area contributed by atoms with Crippen molar-refractivity contribution in [1.82, 2.24) is 4.57 Å². The van der Waals surface area contributed by atoms with E-state index < -0.39 is 17.2 Å². The molecule has 1 heterocycles. The van der Waals surface area contributed by atoms with Crippen molar-refractivity contribution in [1.29, 1.82) is 5.26 Å². The molecular formula is C22H16Cl2N2O4. The van der Waals surface area contributed by atoms with Crippen LogP contribution in [0.15, 0.2) is 47.3 Å². The lowest BCUT2D eigenvalue weighted by molar-refractivity contribution is 0.103. The Kier molecular flexibility index (Phi) is 6.16. The Balaban J connectivity index is 2.18. The third-order valence-corrected chi connectivity index (χ3v) is 5.25. The molecule has 8 heteroatoms. The average Bonchev–Trinajstić information content (AvgIpc) is 2.72. The monoisotopic (exact) mass is 442 g/mol. The smallest absolute Gasteiger partial charge is 0.271 e. The summed E-state index contributed by atoms with van der Waals surface area (Å²) in [6, 6.07) is 13.0. The highest BCUT2D eigenvalue weighted by molar-refractivity contribution is 6.37. The third-order valence-electron chi connectivity index (χ3n) is 4.70. The van der Waals surface area contributed by atoms with Crippen LogP contribution in [0, 0.1) is 18.3 Å². The molecule has 0 radical (unpaired) electrons. The van der Waals surface area contributed by atoms with Gasteiger partial charge in [-0.05, 0) is 48.4 Å². The summed E-state index contributed by atoms with van der Waals surface area (Å²) in [4.78, 5) is 26.0. The number of halogens is 2. The number of pyridine rings is 1. The number of benzene rings is 2. The number of carbonyl (C=O) groups is 1. The van der Waals surface area contributed by atoms with Gasteiger partial charge in [0, 0.05) is 10.6 Å². The Morgan fingerprint density at radius 2 is 1.87 bits per heavy atom. The van der Waals surface area contributed by atoms with Crippen LogP contribution < -0.4 is 10.3 Å². The van der Waals surface area contributed by atoms with Gasteiger partial charge in [0.05, 0.1) is 24.2 Å². The fourth-order valence-electron chi connectivity index (χ4n) is 3.09. The first-order chi connectivity index (χ1) is 14.3. The Morgan fingerprint density at radius 1 is 1.20 bits per heavy atom. The molecule has 2 aromatic carbocycles. The predicted molar refractivity (Wildman–Crippen MR) is 114 cm³/mol. The molecule has 0 aliphatic rings. The first-order valence-corrected chi connectivity index (χ1v) is 9.53. The lowest BCUT2D eigenvalue weighted by atomic mass is 9.97. The molecule has 0 fully saturated rings. The van der Waals surface area contributed by atoms with E-state index in [2.05, 4.69) is 0 Å². The number of nitriles is 1. The van der Waals surface area contributed by atoms with Crippen molar-refractivity contribution in [3.8, 4) is 17.7 Å². The number of carbonyl (C=O) groups excluding carboxylic acids is 1. The number of rotatable bonds is 5. The van der Waals surface area contributed by atoms with Crippen LogP contribution >= 0.6 is 23.2 Å². The maximum absolute atomic E-state index is 13.2. The van der Waals surface area contributed by atoms with E-state index in [-0.39, 0.29) is 33.8 Å². The van der Waals surface area contributed by atoms with Crippen LogP contribution in [0.1, 0.15) is 32.6 Å². The quantitative estimate of drug-likeness (QED) is 0.593. The van der Waals surface area contributed by atoms with Crippen LogP contribution in [-0.2, 0) is 6.54 Å². The summed E-state index contributed by atoms with van der Waals surface area (Å²) in [5.74, 6) is -0.528. The molecule has 0 spiro atoms. The van der Waals surface area contributed by atoms with Crippen LogP contribution in [0.4, 0.5) is 0 Å². The third kappa shape index (κ3) is 3.90. The van der Waals surface area contributed by atoms with E-state index in [1.807, 2.05) is 6.07 Å². The van der Waals surface area contributed by atoms with Crippen molar-refractivity contribution >= 4 is 29.0 Å². The van der Waals surface area contributed by atoms with Crippen LogP contribution in [0.2, 0.25) is 10.0 Å². The van der Waals surface area contributed by atoms with Crippen molar-refractivity contribution in [3.63, 3.8) is 0 Å². The van der Waals surface area contributed by atoms with E-state index in [9.17, 15) is 20.0 Å². The van der Waals surface area contributed by atoms with Gasteiger partial charge in [-0.2, -0.15) is 5.26 Å². The van der Waals surface area contributed by atoms with Crippen LogP contribution in [-0.4, -0.2) is 22.6 Å². The fraction of sp³-hybridized carbons (Fsp3) is 0.136. The molecule has 1 N–H and O–H groups in total. The molecule has 0 saturated heterocycles. The van der Waals surface area contributed by atoms with Gasteiger partial charge in [0.2, 0.25) is 5.88 Å². The zero-order valence-electron chi connectivity index (χ0n) is 16.1. The number of methoxy groups -OCH3 is 1. The second-order valence-electron chi connectivity index (χ2n) is 6.50. The van der Waals surface area contributed by atoms with E-state index in [1.165, 1.54) is 32.2 Å². The van der Waals surface area contributed by atoms with Gasteiger partial charge >= 0.3 is 0 Å². The first kappa shape index (κ1) is 21.4. The number of nitrogens with zero attached hydrogens (tertiary/aromatic N) is 2. The summed E-state index contributed by atoms with van der Waals surface area (Å²) in [5, 5.41) is 20.8. The highest BCUT2D eigenvalue weighted by atomic mass is 35.5. The van der Waals surface area contributed by atoms with E-state index in [0.29, 0.717) is 16.3 Å². The largest absolute Gasteiger partial charge is 0.497 e. The Morgan fingerprint density at radius 3 is 2.43 bits per heavy atom. The number of hydrogen-bond acceptors (Lipinski definition) is 5. The summed E-state index contributed by atoms with van der Waals surface area (Å²) < 4.78 is 6.10. The van der Waals surface area contributed by atoms with Crippen molar-refractivity contribution in [2.75, 3.05) is 7.11 Å². The topological polar surface area (TPSA) is 92.3 Å². The SMILES string of the molecule is COc1ccc(Cn2c(O)c(C(=O)c3ccc(Cl)cc3Cl)c(C)c(C#N)c2=O)cc1. The lowest BCUT2D eigenvalue weighted by Gasteiger charge is -2.16. The Bertz CT molecular complexity index is 1240. The molecule has 0 unspecified atom stereocenters. The van der Waals surface area contributed by atoms with Crippen LogP contribution in [0.25, 0.3) is 0 Å². The van der Waals surface area contributed by atoms with E-state index in [1.54, 1.807) is 24.3 Å². The molecule has 3 aromatic rings. The molecule has 1 aromatic heterocycles. The summed E-state index contributed by atoms with van der Waals surface area (Å²) >= 11 is 12.0. The van der Waals surface area contributed by atoms with Crippen molar-refractivity contribution in [3.05, 3.63) is 90.7 Å². The van der Waals surface area contributed by atoms with Crippen LogP contribution in [0.5, 0.6) is 11.6 Å². The van der Waals surface area contributed by atoms with Gasteiger partial charge in [0.1, 0.15) is 17.4 Å². The zero-order chi connectivity index (χ0) is 22.0. The Labute approximate surface area is 182 Å². The number of aromatic hydroxyl groups is 1. The van der Waals surface area contributed by atoms with Gasteiger partial charge in [-0.15, -0.1) is 0 Å². The summed E-state index contributed by atoms with van der Waals surface area (Å²) in [6.45, 7) is 1.40. The van der Waals surface area contributed by atoms with Crippen molar-refractivity contribution < 1.29 is 14.6 Å². The van der Waals surface area contributed by atoms with Gasteiger partial charge < -0.3 is 9.84 Å². The minimum Gasteiger partial charge on any atom is -0.497 e. The molecule has 3 rings (SSSR count). The number of ether oxygens (including phenoxy) is 1. The molecule has 152 valence electrons. The van der Waals surface area contributed by atoms with Gasteiger partial charge in [-0.3, -0.25) is 14.2 Å². The summed E-state index contributed by atoms with van der Waals surface area (Å²) in [5.41, 5.74) is -0.232. The number of ketones is 1. The van der Waals surface area contributed by atoms with Gasteiger partial charge in [0.25, 0.3) is 5.56 Å². The minimum absolute atomic E-state index is 0.0434. The van der Waals surface area contributed by atoms with E-state index >= 15 is 0 Å². The molecular weight excluding hydrogens is 427 g/mol. The average molecular weight is 443 g/mol. The molecule has 0 atom stereocenters. The number of hydrogen-bond donors (Lipinski definition) is 1. The van der Waals surface area contributed by atoms with Crippen LogP contribution in [0.3, 0.4) is 0 Å². The predicted octanol–water partition coefficient (Wildman–Crippen LogP) is 4.33. The standard InChI is InChI=1S/C22H16Cl2N2O4/c1-12-17(10-25)21(28)26(11-13-3-6-15(30-2)7-4-13)22(29)19(12)20(27)16-8-5-14(23)9-18(16)24/h3-9,29H,11H2,1-2H3. The highest BCUT2D eigenvalue weighted by Gasteiger charge is 2.26. The van der Waals surface area contributed by atoms with Crippen molar-refractivity contribution in [2.45, 2.75) is 13.5 Å². The van der Waals surface area contributed by atoms with E-state index in [4.69, 9.17) is 27.9 Å². The van der Waals surface area contributed by atoms with Gasteiger partial charge in [0.15, 0.2) is 5.78 Å². The maximum Gasteiger partial charge on any atom is 0.271 e. The first-order valence-electron chi connectivity index (χ1n) is 8.77. The Hall–Kier alpha value is -3.27. The highest BCUT2D eigenvalue weighted by Crippen LogP contribution is 2.29.